The number of ether oxygens (including phenoxy) is 3. The number of amides is 3. The van der Waals surface area contributed by atoms with Crippen LogP contribution in [-0.4, -0.2) is 132 Å². The van der Waals surface area contributed by atoms with Crippen LogP contribution in [0, 0.1) is 0 Å². The first-order valence-electron chi connectivity index (χ1n) is 18.0. The molecule has 0 unspecified atom stereocenters. The topological polar surface area (TPSA) is 223 Å². The van der Waals surface area contributed by atoms with E-state index in [1.165, 1.54) is 11.8 Å². The molecule has 52 heavy (non-hydrogen) atoms. The third-order valence-electron chi connectivity index (χ3n) is 11.0. The molecule has 4 aliphatic rings. The van der Waals surface area contributed by atoms with Crippen LogP contribution in [0.5, 0.6) is 11.5 Å². The fraction of sp³-hybridized carbons (Fsp3) is 0.639. The monoisotopic (exact) mass is 727 g/mol. The molecule has 2 heterocycles. The van der Waals surface area contributed by atoms with E-state index in [-0.39, 0.29) is 62.7 Å². The van der Waals surface area contributed by atoms with Crippen LogP contribution >= 0.6 is 0 Å². The molecule has 1 saturated heterocycles. The van der Waals surface area contributed by atoms with E-state index in [1.54, 1.807) is 25.1 Å². The van der Waals surface area contributed by atoms with Gasteiger partial charge in [0.1, 0.15) is 11.8 Å². The minimum Gasteiger partial charge on any atom is -0.493 e. The molecule has 2 bridgehead atoms. The summed E-state index contributed by atoms with van der Waals surface area (Å²) in [6, 6.07) is 2.93. The van der Waals surface area contributed by atoms with E-state index in [1.807, 2.05) is 19.2 Å². The lowest BCUT2D eigenvalue weighted by Gasteiger charge is -2.61. The van der Waals surface area contributed by atoms with Gasteiger partial charge in [-0.05, 0) is 69.8 Å². The SMILES string of the molecule is COc1ccc2c3c1O[C@H]1C(OC(=O)N(C)CCN(CCCCCC(=O)O)C(=O)[C@H](CCCN=C(N)N)NC(C)=O)=CC[C@@]4(O)[C@@H](C2)N(C)CC[C@]314. The Bertz CT molecular complexity index is 1600. The standard InChI is InChI=1S/C36H53N7O9/c1-22(44)40-24(9-8-16-39-33(37)38)32(47)43(17-7-5-6-10-28(45)46)20-19-42(3)34(48)51-26-13-14-36(49)27-21-23-11-12-25(50-4)30-29(23)35(36,31(26)52-30)15-18-41(27)2/h11-13,24,27,31,49H,5-10,14-21H2,1-4H3,(H,40,44)(H,45,46)(H4,37,38,39)/t24-,27+,31-,35-,36+/m0/s1. The van der Waals surface area contributed by atoms with Crippen molar-refractivity contribution in [3.05, 3.63) is 35.1 Å². The highest BCUT2D eigenvalue weighted by Gasteiger charge is 2.72. The van der Waals surface area contributed by atoms with Crippen molar-refractivity contribution in [2.45, 2.75) is 93.9 Å². The first kappa shape index (κ1) is 38.7. The lowest BCUT2D eigenvalue weighted by Crippen LogP contribution is -2.74. The molecule has 286 valence electrons. The van der Waals surface area contributed by atoms with Gasteiger partial charge in [-0.1, -0.05) is 12.5 Å². The molecule has 1 spiro atoms. The summed E-state index contributed by atoms with van der Waals surface area (Å²) in [6.07, 6.45) is 4.24. The van der Waals surface area contributed by atoms with Gasteiger partial charge < -0.3 is 55.9 Å². The number of hydrogen-bond donors (Lipinski definition) is 5. The quantitative estimate of drug-likeness (QED) is 0.0864. The van der Waals surface area contributed by atoms with Crippen molar-refractivity contribution in [2.24, 2.45) is 16.5 Å². The summed E-state index contributed by atoms with van der Waals surface area (Å²) in [5.74, 6) is -0.188. The Morgan fingerprint density at radius 3 is 2.62 bits per heavy atom. The minimum absolute atomic E-state index is 0.0254. The molecule has 1 fully saturated rings. The van der Waals surface area contributed by atoms with Gasteiger partial charge in [-0.3, -0.25) is 19.4 Å². The normalized spacial score (nSPS) is 24.4. The summed E-state index contributed by atoms with van der Waals surface area (Å²) in [5, 5.41) is 24.2. The number of carbonyl (C=O) groups is 4. The van der Waals surface area contributed by atoms with Crippen molar-refractivity contribution in [2.75, 3.05) is 53.9 Å². The number of nitrogens with zero attached hydrogens (tertiary/aromatic N) is 4. The highest BCUT2D eigenvalue weighted by molar-refractivity contribution is 5.87. The lowest BCUT2D eigenvalue weighted by atomic mass is 9.50. The number of aliphatic hydroxyl groups is 1. The van der Waals surface area contributed by atoms with Gasteiger partial charge in [0, 0.05) is 64.6 Å². The number of guanidine groups is 1. The number of unbranched alkanes of at least 4 members (excludes halogenated alkanes) is 2. The third-order valence-corrected chi connectivity index (χ3v) is 11.0. The summed E-state index contributed by atoms with van der Waals surface area (Å²) in [4.78, 5) is 59.7. The van der Waals surface area contributed by atoms with Crippen LogP contribution in [-0.2, 0) is 31.0 Å². The van der Waals surface area contributed by atoms with E-state index in [4.69, 9.17) is 30.8 Å². The smallest absolute Gasteiger partial charge is 0.414 e. The van der Waals surface area contributed by atoms with E-state index in [2.05, 4.69) is 15.2 Å². The predicted octanol–water partition coefficient (Wildman–Crippen LogP) is 1.07. The molecule has 0 radical (unpaired) electrons. The van der Waals surface area contributed by atoms with Crippen molar-refractivity contribution in [3.8, 4) is 11.5 Å². The molecule has 1 aromatic carbocycles. The summed E-state index contributed by atoms with van der Waals surface area (Å²) < 4.78 is 18.3. The summed E-state index contributed by atoms with van der Waals surface area (Å²) >= 11 is 0. The first-order valence-corrected chi connectivity index (χ1v) is 18.0. The summed E-state index contributed by atoms with van der Waals surface area (Å²) in [7, 11) is 5.18. The fourth-order valence-electron chi connectivity index (χ4n) is 8.44. The van der Waals surface area contributed by atoms with Crippen LogP contribution < -0.4 is 26.3 Å². The van der Waals surface area contributed by atoms with Crippen LogP contribution in [0.1, 0.15) is 69.4 Å². The van der Waals surface area contributed by atoms with Gasteiger partial charge in [0.2, 0.25) is 11.8 Å². The van der Waals surface area contributed by atoms with Gasteiger partial charge >= 0.3 is 12.1 Å². The average molecular weight is 728 g/mol. The average Bonchev–Trinajstić information content (AvgIpc) is 3.45. The Morgan fingerprint density at radius 2 is 1.92 bits per heavy atom. The molecular formula is C36H53N7O9. The van der Waals surface area contributed by atoms with Crippen molar-refractivity contribution in [1.29, 1.82) is 0 Å². The van der Waals surface area contributed by atoms with Crippen molar-refractivity contribution in [3.63, 3.8) is 0 Å². The van der Waals surface area contributed by atoms with Crippen LogP contribution in [0.15, 0.2) is 29.0 Å². The Kier molecular flexibility index (Phi) is 11.9. The van der Waals surface area contributed by atoms with Crippen LogP contribution in [0.4, 0.5) is 4.79 Å². The molecule has 3 amide bonds. The van der Waals surface area contributed by atoms with Gasteiger partial charge in [0.25, 0.3) is 0 Å². The van der Waals surface area contributed by atoms with E-state index in [0.717, 1.165) is 17.7 Å². The van der Waals surface area contributed by atoms with Crippen LogP contribution in [0.2, 0.25) is 0 Å². The molecule has 5 rings (SSSR count). The maximum Gasteiger partial charge on any atom is 0.414 e. The van der Waals surface area contributed by atoms with E-state index in [0.29, 0.717) is 62.3 Å². The third kappa shape index (κ3) is 7.49. The number of carboxylic acids is 1. The first-order chi connectivity index (χ1) is 24.7. The number of piperidine rings is 1. The number of nitrogens with one attached hydrogen (secondary N) is 1. The molecule has 1 aromatic rings. The maximum absolute atomic E-state index is 13.8. The highest BCUT2D eigenvalue weighted by atomic mass is 16.6. The summed E-state index contributed by atoms with van der Waals surface area (Å²) in [6.45, 7) is 2.89. The number of carbonyl (C=O) groups excluding carboxylic acids is 3. The number of methoxy groups -OCH3 is 1. The van der Waals surface area contributed by atoms with Crippen molar-refractivity contribution >= 4 is 29.8 Å². The van der Waals surface area contributed by atoms with Crippen LogP contribution in [0.3, 0.4) is 0 Å². The number of benzene rings is 1. The molecule has 0 aromatic heterocycles. The van der Waals surface area contributed by atoms with Crippen molar-refractivity contribution < 1.29 is 43.6 Å². The Hall–Kier alpha value is -4.57. The number of aliphatic carboxylic acids is 1. The van der Waals surface area contributed by atoms with E-state index >= 15 is 0 Å². The Balaban J connectivity index is 1.30. The van der Waals surface area contributed by atoms with Crippen LogP contribution in [0.25, 0.3) is 0 Å². The second kappa shape index (κ2) is 16.0. The molecule has 0 saturated carbocycles. The number of nitrogens with two attached hydrogens (primary N) is 2. The molecular weight excluding hydrogens is 674 g/mol. The van der Waals surface area contributed by atoms with Crippen molar-refractivity contribution in [1.82, 2.24) is 20.0 Å². The number of hydrogen-bond acceptors (Lipinski definition) is 10. The second-order valence-corrected chi connectivity index (χ2v) is 14.3. The number of carboxylic acid groups (broad SMARTS) is 1. The molecule has 16 heteroatoms. The lowest BCUT2D eigenvalue weighted by molar-refractivity contribution is -0.163. The number of likely N-dealkylation sites (tertiary alicyclic amines) is 1. The van der Waals surface area contributed by atoms with Gasteiger partial charge in [0.15, 0.2) is 23.6 Å². The predicted molar refractivity (Wildman–Crippen MR) is 191 cm³/mol. The number of likely N-dealkylation sites (N-methyl/N-ethyl adjacent to an activating group) is 2. The summed E-state index contributed by atoms with van der Waals surface area (Å²) in [5.41, 5.74) is 10.9. The number of rotatable bonds is 17. The highest BCUT2D eigenvalue weighted by Crippen LogP contribution is 2.65. The second-order valence-electron chi connectivity index (χ2n) is 14.3. The van der Waals surface area contributed by atoms with Gasteiger partial charge in [-0.15, -0.1) is 0 Å². The molecule has 2 aliphatic carbocycles. The fourth-order valence-corrected chi connectivity index (χ4v) is 8.44. The molecule has 7 N–H and O–H groups in total. The van der Waals surface area contributed by atoms with E-state index in [9.17, 15) is 24.3 Å². The minimum atomic E-state index is -1.14. The van der Waals surface area contributed by atoms with Gasteiger partial charge in [-0.2, -0.15) is 0 Å². The number of aliphatic imine (C=N–C) groups is 1. The Labute approximate surface area is 304 Å². The molecule has 5 atom stereocenters. The van der Waals surface area contributed by atoms with Gasteiger partial charge in [-0.25, -0.2) is 4.79 Å². The Morgan fingerprint density at radius 1 is 1.15 bits per heavy atom. The van der Waals surface area contributed by atoms with Gasteiger partial charge in [0.05, 0.1) is 18.1 Å². The molecule has 16 nitrogen and oxygen atoms in total. The molecule has 2 aliphatic heterocycles. The maximum atomic E-state index is 13.8. The zero-order valence-corrected chi connectivity index (χ0v) is 30.6. The largest absolute Gasteiger partial charge is 0.493 e. The van der Waals surface area contributed by atoms with E-state index < -0.39 is 35.2 Å². The zero-order valence-electron chi connectivity index (χ0n) is 30.6. The zero-order chi connectivity index (χ0) is 37.8.